The van der Waals surface area contributed by atoms with E-state index in [0.29, 0.717) is 6.04 Å². The molecule has 0 unspecified atom stereocenters. The average molecular weight is 248 g/mol. The molecule has 2 rings (SSSR count). The van der Waals surface area contributed by atoms with Crippen molar-refractivity contribution in [2.75, 3.05) is 0 Å². The fraction of sp³-hybridized carbons (Fsp3) is 0.571. The van der Waals surface area contributed by atoms with Crippen molar-refractivity contribution in [3.63, 3.8) is 0 Å². The van der Waals surface area contributed by atoms with Crippen LogP contribution in [0.25, 0.3) is 0 Å². The summed E-state index contributed by atoms with van der Waals surface area (Å²) in [4.78, 5) is 0. The van der Waals surface area contributed by atoms with Crippen molar-refractivity contribution in [3.8, 4) is 0 Å². The van der Waals surface area contributed by atoms with Crippen LogP contribution in [-0.4, -0.2) is 19.6 Å². The molecule has 0 spiro atoms. The smallest absolute Gasteiger partial charge is 0.0621 e. The van der Waals surface area contributed by atoms with Gasteiger partial charge in [-0.1, -0.05) is 13.8 Å². The van der Waals surface area contributed by atoms with Crippen molar-refractivity contribution in [2.45, 2.75) is 46.6 Å². The number of hydrogen-bond acceptors (Lipinski definition) is 2. The molecular formula is C14H24N4. The molecule has 0 fully saturated rings. The molecule has 0 amide bonds. The largest absolute Gasteiger partial charge is 0.276 e. The van der Waals surface area contributed by atoms with Gasteiger partial charge in [0, 0.05) is 25.5 Å². The number of nitrogens with zero attached hydrogens (tertiary/aromatic N) is 4. The maximum Gasteiger partial charge on any atom is 0.0621 e. The molecule has 0 aliphatic rings. The van der Waals surface area contributed by atoms with Crippen LogP contribution < -0.4 is 0 Å². The van der Waals surface area contributed by atoms with Gasteiger partial charge < -0.3 is 0 Å². The monoisotopic (exact) mass is 248 g/mol. The van der Waals surface area contributed by atoms with Crippen LogP contribution in [0.4, 0.5) is 0 Å². The SMILES string of the molecule is CCc1ccn(C(C)C)n1.CCc1cnn(C)c1. The third kappa shape index (κ3) is 4.35. The Kier molecular flexibility index (Phi) is 5.62. The first-order chi connectivity index (χ1) is 8.56. The van der Waals surface area contributed by atoms with Crippen LogP contribution in [-0.2, 0) is 19.9 Å². The summed E-state index contributed by atoms with van der Waals surface area (Å²) >= 11 is 0. The number of rotatable bonds is 3. The summed E-state index contributed by atoms with van der Waals surface area (Å²) in [5.41, 5.74) is 2.47. The standard InChI is InChI=1S/C8H14N2.C6H10N2/c1-4-8-5-6-10(9-8)7(2)3;1-3-6-4-7-8(2)5-6/h5-7H,4H2,1-3H3;4-5H,3H2,1-2H3. The Morgan fingerprint density at radius 3 is 2.22 bits per heavy atom. The zero-order chi connectivity index (χ0) is 13.5. The lowest BCUT2D eigenvalue weighted by molar-refractivity contribution is 0.527. The van der Waals surface area contributed by atoms with Gasteiger partial charge in [-0.05, 0) is 38.3 Å². The maximum absolute atomic E-state index is 4.34. The summed E-state index contributed by atoms with van der Waals surface area (Å²) in [6.45, 7) is 8.50. The number of hydrogen-bond donors (Lipinski definition) is 0. The quantitative estimate of drug-likeness (QED) is 0.837. The molecule has 0 N–H and O–H groups in total. The summed E-state index contributed by atoms with van der Waals surface area (Å²) in [6, 6.07) is 2.56. The number of aromatic nitrogens is 4. The van der Waals surface area contributed by atoms with Crippen LogP contribution >= 0.6 is 0 Å². The zero-order valence-corrected chi connectivity index (χ0v) is 12.1. The van der Waals surface area contributed by atoms with E-state index in [0.717, 1.165) is 12.8 Å². The first kappa shape index (κ1) is 14.5. The lowest BCUT2D eigenvalue weighted by Crippen LogP contribution is -2.01. The van der Waals surface area contributed by atoms with E-state index >= 15 is 0 Å². The first-order valence-corrected chi connectivity index (χ1v) is 6.58. The number of aryl methyl sites for hydroxylation is 3. The summed E-state index contributed by atoms with van der Waals surface area (Å²) < 4.78 is 3.80. The fourth-order valence-corrected chi connectivity index (χ4v) is 1.51. The molecule has 4 nitrogen and oxygen atoms in total. The normalized spacial score (nSPS) is 10.3. The van der Waals surface area contributed by atoms with Crippen LogP contribution in [0.15, 0.2) is 24.7 Å². The molecule has 0 aliphatic heterocycles. The van der Waals surface area contributed by atoms with Gasteiger partial charge >= 0.3 is 0 Å². The van der Waals surface area contributed by atoms with Crippen molar-refractivity contribution in [1.29, 1.82) is 0 Å². The van der Waals surface area contributed by atoms with Crippen LogP contribution in [0.1, 0.15) is 45.0 Å². The molecule has 18 heavy (non-hydrogen) atoms. The summed E-state index contributed by atoms with van der Waals surface area (Å²) in [5, 5.41) is 8.35. The lowest BCUT2D eigenvalue weighted by atomic mass is 10.3. The van der Waals surface area contributed by atoms with E-state index in [2.05, 4.69) is 44.0 Å². The van der Waals surface area contributed by atoms with Gasteiger partial charge in [0.05, 0.1) is 11.9 Å². The second kappa shape index (κ2) is 6.99. The van der Waals surface area contributed by atoms with Gasteiger partial charge in [0.25, 0.3) is 0 Å². The fourth-order valence-electron chi connectivity index (χ4n) is 1.51. The highest BCUT2D eigenvalue weighted by atomic mass is 15.3. The molecule has 2 heterocycles. The van der Waals surface area contributed by atoms with Crippen molar-refractivity contribution in [2.24, 2.45) is 7.05 Å². The molecule has 100 valence electrons. The van der Waals surface area contributed by atoms with E-state index in [1.54, 1.807) is 0 Å². The third-order valence-corrected chi connectivity index (χ3v) is 2.72. The van der Waals surface area contributed by atoms with E-state index in [-0.39, 0.29) is 0 Å². The van der Waals surface area contributed by atoms with Gasteiger partial charge in [0.15, 0.2) is 0 Å². The Labute approximate surface area is 110 Å². The highest BCUT2D eigenvalue weighted by Gasteiger charge is 1.98. The van der Waals surface area contributed by atoms with Gasteiger partial charge in [0.2, 0.25) is 0 Å². The van der Waals surface area contributed by atoms with Gasteiger partial charge in [-0.2, -0.15) is 10.2 Å². The molecule has 0 saturated carbocycles. The van der Waals surface area contributed by atoms with Crippen LogP contribution in [0.2, 0.25) is 0 Å². The van der Waals surface area contributed by atoms with Crippen molar-refractivity contribution >= 4 is 0 Å². The Bertz CT molecular complexity index is 454. The molecule has 4 heteroatoms. The van der Waals surface area contributed by atoms with Gasteiger partial charge in [-0.15, -0.1) is 0 Å². The van der Waals surface area contributed by atoms with Crippen LogP contribution in [0, 0.1) is 0 Å². The minimum Gasteiger partial charge on any atom is -0.276 e. The first-order valence-electron chi connectivity index (χ1n) is 6.58. The van der Waals surface area contributed by atoms with E-state index in [4.69, 9.17) is 0 Å². The average Bonchev–Trinajstić information content (AvgIpc) is 2.97. The second-order valence-electron chi connectivity index (χ2n) is 4.61. The van der Waals surface area contributed by atoms with Gasteiger partial charge in [0.1, 0.15) is 0 Å². The summed E-state index contributed by atoms with van der Waals surface area (Å²) in [6.07, 6.45) is 8.05. The molecule has 0 aliphatic carbocycles. The third-order valence-electron chi connectivity index (χ3n) is 2.72. The van der Waals surface area contributed by atoms with Crippen LogP contribution in [0.3, 0.4) is 0 Å². The molecule has 0 atom stereocenters. The Morgan fingerprint density at radius 1 is 1.22 bits per heavy atom. The molecule has 0 aromatic carbocycles. The van der Waals surface area contributed by atoms with E-state index in [1.807, 2.05) is 35.0 Å². The minimum atomic E-state index is 0.486. The molecule has 0 bridgehead atoms. The zero-order valence-electron chi connectivity index (χ0n) is 12.1. The van der Waals surface area contributed by atoms with Gasteiger partial charge in [-0.25, -0.2) is 0 Å². The van der Waals surface area contributed by atoms with Crippen molar-refractivity contribution < 1.29 is 0 Å². The van der Waals surface area contributed by atoms with E-state index < -0.39 is 0 Å². The van der Waals surface area contributed by atoms with Crippen molar-refractivity contribution in [1.82, 2.24) is 19.6 Å². The lowest BCUT2D eigenvalue weighted by Gasteiger charge is -2.02. The van der Waals surface area contributed by atoms with Gasteiger partial charge in [-0.3, -0.25) is 9.36 Å². The maximum atomic E-state index is 4.34. The highest BCUT2D eigenvalue weighted by Crippen LogP contribution is 2.03. The van der Waals surface area contributed by atoms with E-state index in [9.17, 15) is 0 Å². The molecule has 0 radical (unpaired) electrons. The Balaban J connectivity index is 0.000000184. The Hall–Kier alpha value is -1.58. The Morgan fingerprint density at radius 2 is 1.94 bits per heavy atom. The summed E-state index contributed by atoms with van der Waals surface area (Å²) in [7, 11) is 1.93. The van der Waals surface area contributed by atoms with E-state index in [1.165, 1.54) is 11.3 Å². The highest BCUT2D eigenvalue weighted by molar-refractivity contribution is 5.02. The predicted molar refractivity (Wildman–Crippen MR) is 74.6 cm³/mol. The predicted octanol–water partition coefficient (Wildman–Crippen LogP) is 3.01. The minimum absolute atomic E-state index is 0.486. The summed E-state index contributed by atoms with van der Waals surface area (Å²) in [5.74, 6) is 0. The topological polar surface area (TPSA) is 35.6 Å². The molecule has 2 aromatic heterocycles. The second-order valence-corrected chi connectivity index (χ2v) is 4.61. The molecule has 0 saturated heterocycles. The molecule has 2 aromatic rings. The van der Waals surface area contributed by atoms with Crippen LogP contribution in [0.5, 0.6) is 0 Å². The molecular weight excluding hydrogens is 224 g/mol. The van der Waals surface area contributed by atoms with Crippen molar-refractivity contribution in [3.05, 3.63) is 35.9 Å².